The fourth-order valence-electron chi connectivity index (χ4n) is 8.33. The van der Waals surface area contributed by atoms with Crippen molar-refractivity contribution in [3.8, 4) is 0 Å². The van der Waals surface area contributed by atoms with Gasteiger partial charge in [-0.1, -0.05) is 52.3 Å². The third-order valence-corrected chi connectivity index (χ3v) is 11.9. The topological polar surface area (TPSA) is 240 Å². The average Bonchev–Trinajstić information content (AvgIpc) is 3.13. The van der Waals surface area contributed by atoms with E-state index >= 15 is 0 Å². The van der Waals surface area contributed by atoms with Crippen LogP contribution in [0.3, 0.4) is 0 Å². The molecule has 0 saturated carbocycles. The summed E-state index contributed by atoms with van der Waals surface area (Å²) in [6.45, 7) is 11.0. The molecule has 0 aliphatic carbocycles. The van der Waals surface area contributed by atoms with Gasteiger partial charge in [-0.2, -0.15) is 0 Å². The van der Waals surface area contributed by atoms with E-state index in [0.717, 1.165) is 20.1 Å². The minimum absolute atomic E-state index is 0.0876. The average molecular weight is 853 g/mol. The van der Waals surface area contributed by atoms with Crippen LogP contribution in [0.2, 0.25) is 0 Å². The third-order valence-electron chi connectivity index (χ3n) is 11.9. The Morgan fingerprint density at radius 3 is 2.18 bits per heavy atom. The maximum atomic E-state index is 13.4. The molecule has 17 nitrogen and oxygen atoms in total. The first kappa shape index (κ1) is 49.0. The van der Waals surface area contributed by atoms with Crippen molar-refractivity contribution in [3.63, 3.8) is 0 Å². The van der Waals surface area contributed by atoms with Crippen molar-refractivity contribution in [1.82, 2.24) is 0 Å². The van der Waals surface area contributed by atoms with Crippen molar-refractivity contribution in [2.75, 3.05) is 14.2 Å². The maximum Gasteiger partial charge on any atom is 0.330 e. The van der Waals surface area contributed by atoms with E-state index in [4.69, 9.17) is 37.9 Å². The van der Waals surface area contributed by atoms with Crippen LogP contribution >= 0.6 is 0 Å². The zero-order valence-corrected chi connectivity index (χ0v) is 36.2. The lowest BCUT2D eigenvalue weighted by Gasteiger charge is -2.53. The number of hydrogen-bond donors (Lipinski definition) is 4. The fourth-order valence-corrected chi connectivity index (χ4v) is 8.33. The molecule has 3 unspecified atom stereocenters. The van der Waals surface area contributed by atoms with E-state index < -0.39 is 114 Å². The van der Waals surface area contributed by atoms with Crippen LogP contribution in [0.15, 0.2) is 35.5 Å². The molecule has 3 fully saturated rings. The highest BCUT2D eigenvalue weighted by Gasteiger charge is 2.59. The number of aliphatic hydroxyl groups excluding tert-OH is 2. The van der Waals surface area contributed by atoms with Crippen LogP contribution in [0.1, 0.15) is 113 Å². The summed E-state index contributed by atoms with van der Waals surface area (Å²) in [4.78, 5) is 64.0. The minimum Gasteiger partial charge on any atom is -0.466 e. The summed E-state index contributed by atoms with van der Waals surface area (Å²) in [5, 5.41) is 47.2. The van der Waals surface area contributed by atoms with Crippen LogP contribution in [0, 0.1) is 10.8 Å². The number of carbonyl (C=O) groups excluding carboxylic acids is 5. The summed E-state index contributed by atoms with van der Waals surface area (Å²) in [7, 11) is 2.40. The largest absolute Gasteiger partial charge is 0.466 e. The highest BCUT2D eigenvalue weighted by atomic mass is 16.7. The van der Waals surface area contributed by atoms with Gasteiger partial charge in [-0.15, -0.1) is 0 Å². The van der Waals surface area contributed by atoms with Crippen LogP contribution in [-0.2, 0) is 61.9 Å². The summed E-state index contributed by atoms with van der Waals surface area (Å²) in [5.41, 5.74) is -1.97. The van der Waals surface area contributed by atoms with Gasteiger partial charge in [0.2, 0.25) is 5.79 Å². The van der Waals surface area contributed by atoms with E-state index in [0.29, 0.717) is 12.0 Å². The highest BCUT2D eigenvalue weighted by molar-refractivity contribution is 5.83. The molecule has 4 rings (SSSR count). The van der Waals surface area contributed by atoms with Gasteiger partial charge in [0.15, 0.2) is 11.9 Å². The molecule has 4 heterocycles. The number of fused-ring (bicyclic) bond motifs is 6. The number of carbonyl (C=O) groups is 5. The van der Waals surface area contributed by atoms with Crippen molar-refractivity contribution >= 4 is 29.8 Å². The lowest BCUT2D eigenvalue weighted by molar-refractivity contribution is -0.348. The molecule has 0 aromatic heterocycles. The Balaban J connectivity index is 1.88. The van der Waals surface area contributed by atoms with Crippen LogP contribution in [0.25, 0.3) is 0 Å². The second-order valence-electron chi connectivity index (χ2n) is 17.5. The number of methoxy groups -OCH3 is 2. The molecule has 0 aromatic rings. The van der Waals surface area contributed by atoms with E-state index in [9.17, 15) is 44.4 Å². The molecule has 0 aromatic carbocycles. The highest BCUT2D eigenvalue weighted by Crippen LogP contribution is 2.50. The maximum absolute atomic E-state index is 13.4. The number of hydrogen-bond acceptors (Lipinski definition) is 17. The van der Waals surface area contributed by atoms with E-state index in [-0.39, 0.29) is 56.9 Å². The van der Waals surface area contributed by atoms with Crippen LogP contribution in [-0.4, -0.2) is 131 Å². The molecular formula is C43H64O17. The molecule has 60 heavy (non-hydrogen) atoms. The van der Waals surface area contributed by atoms with Gasteiger partial charge in [0.1, 0.15) is 12.2 Å². The lowest BCUT2D eigenvalue weighted by Crippen LogP contribution is -2.62. The molecular weight excluding hydrogens is 788 g/mol. The summed E-state index contributed by atoms with van der Waals surface area (Å²) in [5.74, 6) is -8.02. The zero-order chi connectivity index (χ0) is 44.8. The van der Waals surface area contributed by atoms with E-state index in [1.165, 1.54) is 20.1 Å². The first-order valence-corrected chi connectivity index (χ1v) is 20.6. The van der Waals surface area contributed by atoms with E-state index in [1.807, 2.05) is 6.92 Å². The van der Waals surface area contributed by atoms with Crippen LogP contribution < -0.4 is 0 Å². The second kappa shape index (κ2) is 20.0. The monoisotopic (exact) mass is 852 g/mol. The standard InChI is InChI=1S/C43H64O17/c1-10-11-35(47)58-34-22-31-19-28(46)20-38(50)57-33(24(2)44)21-30-17-27(18-37(49)54-9)39(55-25(3)45)43(52,60-30)40(4,5)13-12-29-14-26(16-36(48)53-8)15-32(56-29)23-42(51,59-31)41(34,6)7/h12-13,16,18,24,28-34,39,44,46,51-52H,10-11,14-15,17,19-23H2,1-9H3/b13-12+,26-16+,27-18+/t24-,28-,29+,30?,31-,32+,33-,34+,39?,42+,43?/m1/s1. The molecule has 3 saturated heterocycles. The van der Waals surface area contributed by atoms with Gasteiger partial charge < -0.3 is 58.3 Å². The molecule has 17 heteroatoms. The number of rotatable bonds is 7. The zero-order valence-electron chi connectivity index (χ0n) is 36.2. The summed E-state index contributed by atoms with van der Waals surface area (Å²) in [6, 6.07) is 0. The van der Waals surface area contributed by atoms with Gasteiger partial charge in [-0.3, -0.25) is 14.4 Å². The Labute approximate surface area is 351 Å². The summed E-state index contributed by atoms with van der Waals surface area (Å²) >= 11 is 0. The molecule has 4 N–H and O–H groups in total. The molecule has 4 aliphatic rings. The predicted molar refractivity (Wildman–Crippen MR) is 210 cm³/mol. The Morgan fingerprint density at radius 1 is 0.900 bits per heavy atom. The molecule has 0 spiro atoms. The quantitative estimate of drug-likeness (QED) is 0.124. The van der Waals surface area contributed by atoms with Gasteiger partial charge in [-0.25, -0.2) is 9.59 Å². The normalized spacial score (nSPS) is 37.1. The molecule has 6 bridgehead atoms. The number of cyclic esters (lactones) is 1. The van der Waals surface area contributed by atoms with Crippen LogP contribution in [0.4, 0.5) is 0 Å². The lowest BCUT2D eigenvalue weighted by atomic mass is 9.70. The smallest absolute Gasteiger partial charge is 0.330 e. The first-order chi connectivity index (χ1) is 27.9. The Hall–Kier alpha value is -3.71. The van der Waals surface area contributed by atoms with Gasteiger partial charge in [0, 0.05) is 56.6 Å². The first-order valence-electron chi connectivity index (χ1n) is 20.6. The fraction of sp³-hybridized carbons (Fsp3) is 0.744. The van der Waals surface area contributed by atoms with E-state index in [2.05, 4.69) is 0 Å². The van der Waals surface area contributed by atoms with Gasteiger partial charge in [0.05, 0.1) is 62.7 Å². The second-order valence-corrected chi connectivity index (χ2v) is 17.5. The minimum atomic E-state index is -2.41. The van der Waals surface area contributed by atoms with Crippen molar-refractivity contribution in [2.45, 2.75) is 179 Å². The molecule has 338 valence electrons. The van der Waals surface area contributed by atoms with Crippen molar-refractivity contribution in [1.29, 1.82) is 0 Å². The van der Waals surface area contributed by atoms with Crippen LogP contribution in [0.5, 0.6) is 0 Å². The Morgan fingerprint density at radius 2 is 1.57 bits per heavy atom. The van der Waals surface area contributed by atoms with Gasteiger partial charge >= 0.3 is 29.8 Å². The summed E-state index contributed by atoms with van der Waals surface area (Å²) < 4.78 is 46.4. The van der Waals surface area contributed by atoms with Gasteiger partial charge in [0.25, 0.3) is 0 Å². The van der Waals surface area contributed by atoms with Crippen molar-refractivity contribution < 1.29 is 82.3 Å². The van der Waals surface area contributed by atoms with E-state index in [1.54, 1.807) is 39.8 Å². The molecule has 11 atom stereocenters. The summed E-state index contributed by atoms with van der Waals surface area (Å²) in [6.07, 6.45) is -4.32. The molecule has 0 radical (unpaired) electrons. The molecule has 4 aliphatic heterocycles. The number of ether oxygens (including phenoxy) is 8. The predicted octanol–water partition coefficient (Wildman–Crippen LogP) is 3.17. The van der Waals surface area contributed by atoms with Gasteiger partial charge in [-0.05, 0) is 38.2 Å². The van der Waals surface area contributed by atoms with Crippen molar-refractivity contribution in [3.05, 3.63) is 35.5 Å². The molecule has 0 amide bonds. The Bertz CT molecular complexity index is 1660. The number of aliphatic hydroxyl groups is 4. The Kier molecular flexibility index (Phi) is 16.3. The SMILES string of the molecule is CCCC(=O)O[C@H]1C[C@H]2C[C@@H](O)CC(=O)O[C@@H]([C@@H](C)O)CC3C/C(=C\C(=O)OC)C(OC(C)=O)C(O)(O3)C(C)(C)/C=C/[C@H]3C/C(=C\C(=O)OC)C[C@@H](C[C@](O)(O2)C1(C)C)O3. The van der Waals surface area contributed by atoms with Crippen molar-refractivity contribution in [2.24, 2.45) is 10.8 Å². The third kappa shape index (κ3) is 11.8. The number of esters is 5.